The highest BCUT2D eigenvalue weighted by molar-refractivity contribution is 5.24. The highest BCUT2D eigenvalue weighted by atomic mass is 19.4. The van der Waals surface area contributed by atoms with Crippen LogP contribution in [0.5, 0.6) is 0 Å². The van der Waals surface area contributed by atoms with Gasteiger partial charge in [0.05, 0.1) is 0 Å². The van der Waals surface area contributed by atoms with Crippen molar-refractivity contribution in [3.8, 4) is 0 Å². The molecule has 1 aliphatic rings. The molecule has 0 saturated heterocycles. The normalized spacial score (nSPS) is 34.0. The van der Waals surface area contributed by atoms with Crippen molar-refractivity contribution in [1.29, 1.82) is 0 Å². The molecule has 1 saturated carbocycles. The minimum absolute atomic E-state index is 0.253. The fourth-order valence-corrected chi connectivity index (χ4v) is 3.40. The van der Waals surface area contributed by atoms with E-state index in [0.29, 0.717) is 0 Å². The van der Waals surface area contributed by atoms with Gasteiger partial charge in [0.1, 0.15) is 0 Å². The Bertz CT molecular complexity index is 499. The molecular formula is C16H24F8O. The van der Waals surface area contributed by atoms with Crippen LogP contribution in [0.1, 0.15) is 53.9 Å². The maximum absolute atomic E-state index is 15.3. The highest BCUT2D eigenvalue weighted by Crippen LogP contribution is 2.67. The largest absolute Gasteiger partial charge is 0.423 e. The van der Waals surface area contributed by atoms with Crippen LogP contribution in [0.25, 0.3) is 0 Å². The molecule has 0 aromatic rings. The molecule has 0 aromatic heterocycles. The molecule has 0 spiro atoms. The zero-order valence-corrected chi connectivity index (χ0v) is 14.7. The third-order valence-corrected chi connectivity index (χ3v) is 5.52. The molecule has 9 heteroatoms. The van der Waals surface area contributed by atoms with Crippen molar-refractivity contribution in [2.24, 2.45) is 17.3 Å². The fourth-order valence-electron chi connectivity index (χ4n) is 3.40. The van der Waals surface area contributed by atoms with Gasteiger partial charge in [-0.1, -0.05) is 41.0 Å². The summed E-state index contributed by atoms with van der Waals surface area (Å²) in [5.41, 5.74) is -10.6. The van der Waals surface area contributed by atoms with E-state index in [-0.39, 0.29) is 6.42 Å². The topological polar surface area (TPSA) is 20.2 Å². The van der Waals surface area contributed by atoms with E-state index in [1.807, 2.05) is 0 Å². The van der Waals surface area contributed by atoms with Crippen LogP contribution in [-0.4, -0.2) is 34.4 Å². The molecule has 1 rings (SSSR count). The van der Waals surface area contributed by atoms with Gasteiger partial charge in [-0.25, -0.2) is 13.2 Å². The molecule has 150 valence electrons. The molecule has 0 amide bonds. The first-order chi connectivity index (χ1) is 10.8. The molecule has 1 aliphatic carbocycles. The summed E-state index contributed by atoms with van der Waals surface area (Å²) in [6.07, 6.45) is -8.16. The van der Waals surface area contributed by atoms with Gasteiger partial charge in [-0.15, -0.1) is 0 Å². The van der Waals surface area contributed by atoms with Gasteiger partial charge in [-0.3, -0.25) is 0 Å². The summed E-state index contributed by atoms with van der Waals surface area (Å²) in [4.78, 5) is 0. The van der Waals surface area contributed by atoms with E-state index in [4.69, 9.17) is 0 Å². The summed E-state index contributed by atoms with van der Waals surface area (Å²) in [6.45, 7) is 6.02. The van der Waals surface area contributed by atoms with Gasteiger partial charge in [0.25, 0.3) is 5.92 Å². The standard InChI is InChI=1S/C16H24F8O/c1-6-11(4,5)7-10-8-12(25,16(22,23)24)15(20,21)13(10,17)14(18,19)9(2)3/h9-10,25H,6-8H2,1-5H3. The Morgan fingerprint density at radius 1 is 1.04 bits per heavy atom. The Hall–Kier alpha value is -0.600. The predicted molar refractivity (Wildman–Crippen MR) is 76.4 cm³/mol. The average Bonchev–Trinajstić information content (AvgIpc) is 2.57. The fraction of sp³-hybridized carbons (Fsp3) is 1.00. The predicted octanol–water partition coefficient (Wildman–Crippen LogP) is 5.76. The maximum Gasteiger partial charge on any atom is 0.423 e. The second-order valence-corrected chi connectivity index (χ2v) is 8.04. The molecule has 3 atom stereocenters. The van der Waals surface area contributed by atoms with Crippen molar-refractivity contribution in [1.82, 2.24) is 0 Å². The molecule has 0 radical (unpaired) electrons. The quantitative estimate of drug-likeness (QED) is 0.598. The Balaban J connectivity index is 3.65. The highest BCUT2D eigenvalue weighted by Gasteiger charge is 2.89. The van der Waals surface area contributed by atoms with Crippen LogP contribution in [0.15, 0.2) is 0 Å². The SMILES string of the molecule is CCC(C)(C)CC1CC(O)(C(F)(F)F)C(F)(F)C1(F)C(F)(F)C(C)C. The molecule has 1 N–H and O–H groups in total. The van der Waals surface area contributed by atoms with Crippen LogP contribution in [0, 0.1) is 17.3 Å². The van der Waals surface area contributed by atoms with E-state index in [9.17, 15) is 35.8 Å². The van der Waals surface area contributed by atoms with E-state index < -0.39 is 59.4 Å². The van der Waals surface area contributed by atoms with Crippen molar-refractivity contribution in [3.05, 3.63) is 0 Å². The van der Waals surface area contributed by atoms with Gasteiger partial charge in [0.2, 0.25) is 11.3 Å². The van der Waals surface area contributed by atoms with Crippen LogP contribution in [0.4, 0.5) is 35.1 Å². The molecule has 0 heterocycles. The zero-order valence-electron chi connectivity index (χ0n) is 14.7. The monoisotopic (exact) mass is 384 g/mol. The maximum atomic E-state index is 15.3. The van der Waals surface area contributed by atoms with Crippen molar-refractivity contribution in [2.45, 2.75) is 83.2 Å². The van der Waals surface area contributed by atoms with Crippen LogP contribution >= 0.6 is 0 Å². The lowest BCUT2D eigenvalue weighted by molar-refractivity contribution is -0.359. The molecular weight excluding hydrogens is 360 g/mol. The number of hydrogen-bond donors (Lipinski definition) is 1. The summed E-state index contributed by atoms with van der Waals surface area (Å²) >= 11 is 0. The van der Waals surface area contributed by atoms with E-state index >= 15 is 4.39 Å². The first kappa shape index (κ1) is 22.4. The molecule has 1 nitrogen and oxygen atoms in total. The second-order valence-electron chi connectivity index (χ2n) is 8.04. The molecule has 25 heavy (non-hydrogen) atoms. The Kier molecular flexibility index (Phi) is 5.35. The minimum Gasteiger partial charge on any atom is -0.376 e. The molecule has 1 fully saturated rings. The minimum atomic E-state index is -5.95. The van der Waals surface area contributed by atoms with Crippen molar-refractivity contribution in [3.63, 3.8) is 0 Å². The Labute approximate surface area is 141 Å². The summed E-state index contributed by atoms with van der Waals surface area (Å²) in [5.74, 6) is -14.8. The lowest BCUT2D eigenvalue weighted by atomic mass is 9.71. The summed E-state index contributed by atoms with van der Waals surface area (Å²) in [5, 5.41) is 9.63. The van der Waals surface area contributed by atoms with E-state index in [1.54, 1.807) is 6.92 Å². The van der Waals surface area contributed by atoms with Crippen LogP contribution in [0.3, 0.4) is 0 Å². The molecule has 0 bridgehead atoms. The van der Waals surface area contributed by atoms with Gasteiger partial charge in [-0.05, 0) is 18.3 Å². The second kappa shape index (κ2) is 5.96. The first-order valence-electron chi connectivity index (χ1n) is 8.05. The molecule has 3 unspecified atom stereocenters. The third-order valence-electron chi connectivity index (χ3n) is 5.52. The molecule has 0 aromatic carbocycles. The van der Waals surface area contributed by atoms with Gasteiger partial charge in [0.15, 0.2) is 0 Å². The summed E-state index contributed by atoms with van der Waals surface area (Å²) < 4.78 is 113. The number of rotatable bonds is 5. The number of hydrogen-bond acceptors (Lipinski definition) is 1. The Morgan fingerprint density at radius 2 is 1.48 bits per heavy atom. The van der Waals surface area contributed by atoms with E-state index in [0.717, 1.165) is 13.8 Å². The molecule has 0 aliphatic heterocycles. The smallest absolute Gasteiger partial charge is 0.376 e. The average molecular weight is 384 g/mol. The third kappa shape index (κ3) is 2.94. The van der Waals surface area contributed by atoms with Gasteiger partial charge < -0.3 is 5.11 Å². The van der Waals surface area contributed by atoms with Gasteiger partial charge in [0, 0.05) is 11.8 Å². The lowest BCUT2D eigenvalue weighted by Crippen LogP contribution is -2.68. The van der Waals surface area contributed by atoms with Crippen molar-refractivity contribution in [2.75, 3.05) is 0 Å². The van der Waals surface area contributed by atoms with Crippen LogP contribution in [0.2, 0.25) is 0 Å². The van der Waals surface area contributed by atoms with E-state index in [1.165, 1.54) is 13.8 Å². The summed E-state index contributed by atoms with van der Waals surface area (Å²) in [7, 11) is 0. The van der Waals surface area contributed by atoms with Crippen molar-refractivity contribution >= 4 is 0 Å². The number of alkyl halides is 8. The Morgan fingerprint density at radius 3 is 1.80 bits per heavy atom. The first-order valence-corrected chi connectivity index (χ1v) is 8.05. The number of aliphatic hydroxyl groups is 1. The van der Waals surface area contributed by atoms with E-state index in [2.05, 4.69) is 0 Å². The zero-order chi connectivity index (χ0) is 20.3. The van der Waals surface area contributed by atoms with Gasteiger partial charge >= 0.3 is 12.1 Å². The van der Waals surface area contributed by atoms with Gasteiger partial charge in [-0.2, -0.15) is 22.0 Å². The van der Waals surface area contributed by atoms with Crippen LogP contribution < -0.4 is 0 Å². The number of halogens is 8. The lowest BCUT2D eigenvalue weighted by Gasteiger charge is -2.43. The van der Waals surface area contributed by atoms with Crippen molar-refractivity contribution < 1.29 is 40.2 Å². The van der Waals surface area contributed by atoms with Crippen LogP contribution in [-0.2, 0) is 0 Å². The summed E-state index contributed by atoms with van der Waals surface area (Å²) in [6, 6.07) is 0.